The van der Waals surface area contributed by atoms with Crippen molar-refractivity contribution in [1.82, 2.24) is 20.0 Å². The van der Waals surface area contributed by atoms with Crippen LogP contribution in [0.25, 0.3) is 11.1 Å². The molecule has 0 amide bonds. The minimum absolute atomic E-state index is 0.378. The molecular weight excluding hydrogens is 364 g/mol. The van der Waals surface area contributed by atoms with Gasteiger partial charge in [0.25, 0.3) is 0 Å². The molecule has 0 bridgehead atoms. The van der Waals surface area contributed by atoms with Crippen LogP contribution in [0.2, 0.25) is 0 Å². The predicted octanol–water partition coefficient (Wildman–Crippen LogP) is 4.38. The lowest BCUT2D eigenvalue weighted by molar-refractivity contribution is 0.173. The molecule has 4 aromatic rings. The number of hydrogen-bond donors (Lipinski definition) is 0. The van der Waals surface area contributed by atoms with Gasteiger partial charge in [-0.2, -0.15) is 4.98 Å². The van der Waals surface area contributed by atoms with Crippen LogP contribution in [0.4, 0.5) is 0 Å². The monoisotopic (exact) mass is 388 g/mol. The molecule has 5 rings (SSSR count). The highest BCUT2D eigenvalue weighted by Crippen LogP contribution is 2.30. The maximum Gasteiger partial charge on any atom is 0.240 e. The Kier molecular flexibility index (Phi) is 5.09. The summed E-state index contributed by atoms with van der Waals surface area (Å²) in [5, 5.41) is 4.15. The van der Waals surface area contributed by atoms with Gasteiger partial charge < -0.3 is 8.94 Å². The molecule has 1 fully saturated rings. The van der Waals surface area contributed by atoms with Crippen molar-refractivity contribution in [3.63, 3.8) is 0 Å². The fourth-order valence-corrected chi connectivity index (χ4v) is 3.95. The summed E-state index contributed by atoms with van der Waals surface area (Å²) >= 11 is 0. The minimum Gasteiger partial charge on any atom is -0.440 e. The maximum atomic E-state index is 5.96. The molecule has 0 unspecified atom stereocenters. The van der Waals surface area contributed by atoms with E-state index in [2.05, 4.69) is 44.3 Å². The second kappa shape index (κ2) is 8.17. The van der Waals surface area contributed by atoms with E-state index in [1.807, 2.05) is 30.3 Å². The second-order valence-corrected chi connectivity index (χ2v) is 7.66. The van der Waals surface area contributed by atoms with Crippen molar-refractivity contribution in [2.24, 2.45) is 0 Å². The van der Waals surface area contributed by atoms with Gasteiger partial charge in [-0.3, -0.25) is 4.90 Å². The predicted molar refractivity (Wildman–Crippen MR) is 109 cm³/mol. The van der Waals surface area contributed by atoms with Crippen molar-refractivity contribution < 1.29 is 8.94 Å². The van der Waals surface area contributed by atoms with Gasteiger partial charge in [-0.05, 0) is 50.0 Å². The number of rotatable bonds is 6. The van der Waals surface area contributed by atoms with Crippen LogP contribution in [-0.2, 0) is 19.4 Å². The Morgan fingerprint density at radius 2 is 1.69 bits per heavy atom. The molecule has 0 N–H and O–H groups in total. The van der Waals surface area contributed by atoms with Crippen LogP contribution < -0.4 is 0 Å². The summed E-state index contributed by atoms with van der Waals surface area (Å²) in [6.45, 7) is 2.66. The molecule has 148 valence electrons. The van der Waals surface area contributed by atoms with Crippen molar-refractivity contribution in [2.45, 2.75) is 38.1 Å². The van der Waals surface area contributed by atoms with Gasteiger partial charge in [0.1, 0.15) is 5.52 Å². The van der Waals surface area contributed by atoms with Crippen LogP contribution in [0.1, 0.15) is 41.9 Å². The normalized spacial score (nSPS) is 15.9. The van der Waals surface area contributed by atoms with Crippen LogP contribution in [0.15, 0.2) is 63.5 Å². The third kappa shape index (κ3) is 4.22. The van der Waals surface area contributed by atoms with E-state index in [1.165, 1.54) is 5.56 Å². The van der Waals surface area contributed by atoms with Crippen molar-refractivity contribution in [2.75, 3.05) is 13.1 Å². The van der Waals surface area contributed by atoms with E-state index in [-0.39, 0.29) is 0 Å². The molecule has 1 saturated heterocycles. The number of fused-ring (bicyclic) bond motifs is 1. The second-order valence-electron chi connectivity index (χ2n) is 7.66. The molecule has 2 aromatic carbocycles. The minimum atomic E-state index is 0.378. The van der Waals surface area contributed by atoms with E-state index < -0.39 is 0 Å². The number of oxazole rings is 1. The highest BCUT2D eigenvalue weighted by atomic mass is 16.5. The molecule has 6 heteroatoms. The van der Waals surface area contributed by atoms with Gasteiger partial charge in [0.2, 0.25) is 5.89 Å². The van der Waals surface area contributed by atoms with Gasteiger partial charge in [0.15, 0.2) is 17.3 Å². The first kappa shape index (κ1) is 18.1. The Hall–Kier alpha value is -2.99. The summed E-state index contributed by atoms with van der Waals surface area (Å²) in [5.41, 5.74) is 3.11. The van der Waals surface area contributed by atoms with Gasteiger partial charge in [-0.1, -0.05) is 47.6 Å². The van der Waals surface area contributed by atoms with E-state index in [0.717, 1.165) is 61.6 Å². The summed E-state index contributed by atoms with van der Waals surface area (Å²) in [6, 6.07) is 18.4. The molecule has 0 spiro atoms. The quantitative estimate of drug-likeness (QED) is 0.488. The third-order valence-corrected chi connectivity index (χ3v) is 5.60. The molecule has 0 saturated carbocycles. The number of likely N-dealkylation sites (tertiary alicyclic amines) is 1. The highest BCUT2D eigenvalue weighted by molar-refractivity contribution is 5.72. The molecule has 1 aliphatic heterocycles. The zero-order chi connectivity index (χ0) is 19.5. The standard InChI is InChI=1S/C23H24N4O2/c1-2-6-17(7-3-1)10-11-21-25-22(29-26-21)16-27-14-12-18(13-15-27)23-24-19-8-4-5-9-20(19)28-23/h1-9,18H,10-16H2. The molecule has 29 heavy (non-hydrogen) atoms. The van der Waals surface area contributed by atoms with E-state index in [4.69, 9.17) is 8.94 Å². The van der Waals surface area contributed by atoms with E-state index in [1.54, 1.807) is 0 Å². The van der Waals surface area contributed by atoms with E-state index in [0.29, 0.717) is 18.4 Å². The summed E-state index contributed by atoms with van der Waals surface area (Å²) in [7, 11) is 0. The number of aryl methyl sites for hydroxylation is 2. The van der Waals surface area contributed by atoms with Gasteiger partial charge in [0.05, 0.1) is 6.54 Å². The molecule has 0 atom stereocenters. The molecule has 3 heterocycles. The average molecular weight is 388 g/mol. The number of nitrogens with zero attached hydrogens (tertiary/aromatic N) is 4. The van der Waals surface area contributed by atoms with E-state index >= 15 is 0 Å². The lowest BCUT2D eigenvalue weighted by Gasteiger charge is -2.29. The molecule has 0 radical (unpaired) electrons. The first-order chi connectivity index (χ1) is 14.3. The summed E-state index contributed by atoms with van der Waals surface area (Å²) < 4.78 is 11.4. The summed E-state index contributed by atoms with van der Waals surface area (Å²) in [4.78, 5) is 11.6. The molecule has 6 nitrogen and oxygen atoms in total. The lowest BCUT2D eigenvalue weighted by Crippen LogP contribution is -2.32. The Morgan fingerprint density at radius 1 is 0.897 bits per heavy atom. The lowest BCUT2D eigenvalue weighted by atomic mass is 9.97. The van der Waals surface area contributed by atoms with Crippen LogP contribution in [0.5, 0.6) is 0 Å². The topological polar surface area (TPSA) is 68.2 Å². The number of piperidine rings is 1. The third-order valence-electron chi connectivity index (χ3n) is 5.60. The Morgan fingerprint density at radius 3 is 2.52 bits per heavy atom. The Balaban J connectivity index is 1.13. The van der Waals surface area contributed by atoms with Crippen LogP contribution in [0, 0.1) is 0 Å². The van der Waals surface area contributed by atoms with Crippen LogP contribution in [-0.4, -0.2) is 33.1 Å². The SMILES string of the molecule is c1ccc(CCc2noc(CN3CCC(c4nc5ccccc5o4)CC3)n2)cc1. The zero-order valence-corrected chi connectivity index (χ0v) is 16.3. The number of benzene rings is 2. The van der Waals surface area contributed by atoms with Crippen molar-refractivity contribution in [1.29, 1.82) is 0 Å². The summed E-state index contributed by atoms with van der Waals surface area (Å²) in [5.74, 6) is 2.73. The molecule has 1 aliphatic rings. The van der Waals surface area contributed by atoms with E-state index in [9.17, 15) is 0 Å². The number of para-hydroxylation sites is 2. The Labute approximate surface area is 169 Å². The summed E-state index contributed by atoms with van der Waals surface area (Å²) in [6.07, 6.45) is 3.78. The van der Waals surface area contributed by atoms with Crippen molar-refractivity contribution in [3.8, 4) is 0 Å². The molecule has 0 aliphatic carbocycles. The molecular formula is C23H24N4O2. The highest BCUT2D eigenvalue weighted by Gasteiger charge is 2.25. The zero-order valence-electron chi connectivity index (χ0n) is 16.3. The van der Waals surface area contributed by atoms with Gasteiger partial charge in [-0.15, -0.1) is 0 Å². The average Bonchev–Trinajstić information content (AvgIpc) is 3.40. The number of aromatic nitrogens is 3. The first-order valence-corrected chi connectivity index (χ1v) is 10.3. The van der Waals surface area contributed by atoms with Crippen LogP contribution >= 0.6 is 0 Å². The van der Waals surface area contributed by atoms with Gasteiger partial charge >= 0.3 is 0 Å². The fraction of sp³-hybridized carbons (Fsp3) is 0.348. The van der Waals surface area contributed by atoms with Crippen molar-refractivity contribution >= 4 is 11.1 Å². The number of hydrogen-bond acceptors (Lipinski definition) is 6. The van der Waals surface area contributed by atoms with Gasteiger partial charge in [0, 0.05) is 12.3 Å². The fourth-order valence-electron chi connectivity index (χ4n) is 3.95. The molecule has 2 aromatic heterocycles. The largest absolute Gasteiger partial charge is 0.440 e. The van der Waals surface area contributed by atoms with Gasteiger partial charge in [-0.25, -0.2) is 4.98 Å². The first-order valence-electron chi connectivity index (χ1n) is 10.3. The smallest absolute Gasteiger partial charge is 0.240 e. The van der Waals surface area contributed by atoms with Crippen molar-refractivity contribution in [3.05, 3.63) is 77.8 Å². The Bertz CT molecular complexity index is 1030. The van der Waals surface area contributed by atoms with Crippen LogP contribution in [0.3, 0.4) is 0 Å². The maximum absolute atomic E-state index is 5.96.